The monoisotopic (exact) mass is 483 g/mol. The second-order valence-corrected chi connectivity index (χ2v) is 7.49. The molecule has 11 nitrogen and oxygen atoms in total. The number of anilines is 2. The Balaban J connectivity index is 1.58. The largest absolute Gasteiger partial charge is 0.460 e. The topological polar surface area (TPSA) is 131 Å². The minimum atomic E-state index is -0.754. The number of aliphatic hydroxyl groups excluding tert-OH is 1. The number of esters is 1. The van der Waals surface area contributed by atoms with E-state index in [9.17, 15) is 19.3 Å². The fraction of sp³-hybridized carbons (Fsp3) is 0.261. The number of ether oxygens (including phenoxy) is 2. The number of rotatable bonds is 8. The van der Waals surface area contributed by atoms with Crippen LogP contribution in [0.15, 0.2) is 54.9 Å². The fourth-order valence-corrected chi connectivity index (χ4v) is 3.73. The Kier molecular flexibility index (Phi) is 7.31. The molecule has 12 heteroatoms. The van der Waals surface area contributed by atoms with E-state index in [0.717, 1.165) is 6.33 Å². The summed E-state index contributed by atoms with van der Waals surface area (Å²) in [7, 11) is 0. The molecule has 3 aromatic rings. The lowest BCUT2D eigenvalue weighted by Crippen LogP contribution is -2.47. The number of aliphatic hydroxyl groups is 1. The first-order valence-electron chi connectivity index (χ1n) is 10.8. The zero-order valence-corrected chi connectivity index (χ0v) is 18.5. The first kappa shape index (κ1) is 23.8. The number of piperazine rings is 1. The molecule has 2 heterocycles. The van der Waals surface area contributed by atoms with E-state index in [1.807, 2.05) is 4.90 Å². The molecule has 0 radical (unpaired) electrons. The number of hydrogen-bond acceptors (Lipinski definition) is 10. The second kappa shape index (κ2) is 10.7. The van der Waals surface area contributed by atoms with Crippen molar-refractivity contribution in [3.8, 4) is 11.6 Å². The molecule has 1 fully saturated rings. The van der Waals surface area contributed by atoms with Gasteiger partial charge < -0.3 is 24.4 Å². The van der Waals surface area contributed by atoms with Gasteiger partial charge in [0.1, 0.15) is 30.1 Å². The van der Waals surface area contributed by atoms with Gasteiger partial charge in [-0.2, -0.15) is 4.98 Å². The average molecular weight is 483 g/mol. The maximum absolute atomic E-state index is 14.2. The Labute approximate surface area is 199 Å². The summed E-state index contributed by atoms with van der Waals surface area (Å²) in [4.78, 5) is 35.3. The lowest BCUT2D eigenvalue weighted by atomic mass is 10.2. The first-order valence-corrected chi connectivity index (χ1v) is 10.8. The number of halogens is 1. The SMILES string of the molecule is O=C(OCCO)c1ccccc1Oc1ncnc(N2CCN(c3ccccc3F)CC2)c1[N+](=O)[O-]. The number of carbonyl (C=O) groups excluding carboxylic acids is 1. The van der Waals surface area contributed by atoms with Gasteiger partial charge in [-0.05, 0) is 24.3 Å². The highest BCUT2D eigenvalue weighted by molar-refractivity contribution is 5.92. The van der Waals surface area contributed by atoms with Gasteiger partial charge in [-0.15, -0.1) is 0 Å². The van der Waals surface area contributed by atoms with Crippen LogP contribution >= 0.6 is 0 Å². The number of hydrogen-bond donors (Lipinski definition) is 1. The van der Waals surface area contributed by atoms with Gasteiger partial charge in [0.05, 0.1) is 17.2 Å². The molecule has 0 unspecified atom stereocenters. The molecule has 4 rings (SSSR count). The van der Waals surface area contributed by atoms with E-state index >= 15 is 0 Å². The molecule has 0 spiro atoms. The van der Waals surface area contributed by atoms with E-state index in [-0.39, 0.29) is 42.0 Å². The molecule has 0 aliphatic carbocycles. The third-order valence-corrected chi connectivity index (χ3v) is 5.36. The first-order chi connectivity index (χ1) is 17.0. The maximum Gasteiger partial charge on any atom is 0.373 e. The van der Waals surface area contributed by atoms with Crippen molar-refractivity contribution in [1.82, 2.24) is 9.97 Å². The summed E-state index contributed by atoms with van der Waals surface area (Å²) in [5.41, 5.74) is 0.0392. The predicted molar refractivity (Wildman–Crippen MR) is 123 cm³/mol. The van der Waals surface area contributed by atoms with Gasteiger partial charge in [0.2, 0.25) is 5.82 Å². The normalized spacial score (nSPS) is 13.4. The van der Waals surface area contributed by atoms with Gasteiger partial charge >= 0.3 is 17.5 Å². The van der Waals surface area contributed by atoms with Gasteiger partial charge in [-0.3, -0.25) is 10.1 Å². The van der Waals surface area contributed by atoms with Crippen molar-refractivity contribution in [3.63, 3.8) is 0 Å². The maximum atomic E-state index is 14.2. The van der Waals surface area contributed by atoms with Gasteiger partial charge in [-0.1, -0.05) is 24.3 Å². The zero-order chi connectivity index (χ0) is 24.8. The molecular weight excluding hydrogens is 461 g/mol. The van der Waals surface area contributed by atoms with E-state index in [0.29, 0.717) is 31.9 Å². The standard InChI is InChI=1S/C23H22FN5O6/c24-17-6-2-3-7-18(17)27-9-11-28(12-10-27)21-20(29(32)33)22(26-15-25-21)35-19-8-4-1-5-16(19)23(31)34-14-13-30/h1-8,15,30H,9-14H2. The highest BCUT2D eigenvalue weighted by atomic mass is 19.1. The van der Waals surface area contributed by atoms with Crippen molar-refractivity contribution in [1.29, 1.82) is 0 Å². The molecule has 0 atom stereocenters. The van der Waals surface area contributed by atoms with Crippen molar-refractivity contribution in [2.75, 3.05) is 49.2 Å². The van der Waals surface area contributed by atoms with Crippen molar-refractivity contribution in [3.05, 3.63) is 76.4 Å². The summed E-state index contributed by atoms with van der Waals surface area (Å²) in [5, 5.41) is 20.9. The second-order valence-electron chi connectivity index (χ2n) is 7.49. The van der Waals surface area contributed by atoms with E-state index in [1.54, 1.807) is 35.2 Å². The van der Waals surface area contributed by atoms with Gasteiger partial charge in [0.15, 0.2) is 0 Å². The number of para-hydroxylation sites is 2. The van der Waals surface area contributed by atoms with Crippen LogP contribution in [0.2, 0.25) is 0 Å². The van der Waals surface area contributed by atoms with Gasteiger partial charge in [0, 0.05) is 26.2 Å². The smallest absolute Gasteiger partial charge is 0.373 e. The molecule has 0 bridgehead atoms. The van der Waals surface area contributed by atoms with Gasteiger partial charge in [0.25, 0.3) is 0 Å². The van der Waals surface area contributed by atoms with Crippen molar-refractivity contribution in [2.45, 2.75) is 0 Å². The third-order valence-electron chi connectivity index (χ3n) is 5.36. The van der Waals surface area contributed by atoms with Crippen LogP contribution in [0.3, 0.4) is 0 Å². The highest BCUT2D eigenvalue weighted by Gasteiger charge is 2.31. The molecule has 1 saturated heterocycles. The van der Waals surface area contributed by atoms with Crippen molar-refractivity contribution in [2.24, 2.45) is 0 Å². The minimum absolute atomic E-state index is 0.00700. The van der Waals surface area contributed by atoms with E-state index < -0.39 is 16.6 Å². The Hall–Kier alpha value is -4.32. The molecule has 1 aromatic heterocycles. The van der Waals surface area contributed by atoms with Crippen LogP contribution in [-0.2, 0) is 4.74 Å². The third kappa shape index (κ3) is 5.27. The molecule has 2 aromatic carbocycles. The molecular formula is C23H22FN5O6. The van der Waals surface area contributed by atoms with Crippen LogP contribution in [-0.4, -0.2) is 65.4 Å². The lowest BCUT2D eigenvalue weighted by molar-refractivity contribution is -0.385. The van der Waals surface area contributed by atoms with Crippen LogP contribution in [0, 0.1) is 15.9 Å². The Morgan fingerprint density at radius 1 is 1.06 bits per heavy atom. The highest BCUT2D eigenvalue weighted by Crippen LogP contribution is 2.37. The number of nitrogens with zero attached hydrogens (tertiary/aromatic N) is 5. The average Bonchev–Trinajstić information content (AvgIpc) is 2.88. The molecule has 35 heavy (non-hydrogen) atoms. The van der Waals surface area contributed by atoms with Crippen LogP contribution < -0.4 is 14.5 Å². The zero-order valence-electron chi connectivity index (χ0n) is 18.5. The summed E-state index contributed by atoms with van der Waals surface area (Å²) in [6.45, 7) is 1.02. The molecule has 182 valence electrons. The summed E-state index contributed by atoms with van der Waals surface area (Å²) in [6.07, 6.45) is 1.15. The summed E-state index contributed by atoms with van der Waals surface area (Å²) >= 11 is 0. The van der Waals surface area contributed by atoms with Crippen molar-refractivity contribution < 1.29 is 28.7 Å². The molecule has 1 aliphatic rings. The van der Waals surface area contributed by atoms with Crippen molar-refractivity contribution >= 4 is 23.2 Å². The number of aromatic nitrogens is 2. The van der Waals surface area contributed by atoms with E-state index in [4.69, 9.17) is 14.6 Å². The molecule has 0 amide bonds. The number of benzene rings is 2. The molecule has 1 aliphatic heterocycles. The van der Waals surface area contributed by atoms with E-state index in [2.05, 4.69) is 9.97 Å². The minimum Gasteiger partial charge on any atom is -0.460 e. The molecule has 1 N–H and O–H groups in total. The number of nitro groups is 1. The molecule has 0 saturated carbocycles. The Bertz CT molecular complexity index is 1220. The van der Waals surface area contributed by atoms with Crippen LogP contribution in [0.25, 0.3) is 0 Å². The van der Waals surface area contributed by atoms with Crippen LogP contribution in [0.5, 0.6) is 11.6 Å². The number of carbonyl (C=O) groups is 1. The van der Waals surface area contributed by atoms with Crippen LogP contribution in [0.1, 0.15) is 10.4 Å². The summed E-state index contributed by atoms with van der Waals surface area (Å²) in [6, 6.07) is 12.5. The quantitative estimate of drug-likeness (QED) is 0.290. The van der Waals surface area contributed by atoms with Gasteiger partial charge in [-0.25, -0.2) is 14.2 Å². The predicted octanol–water partition coefficient (Wildman–Crippen LogP) is 2.79. The lowest BCUT2D eigenvalue weighted by Gasteiger charge is -2.36. The fourth-order valence-electron chi connectivity index (χ4n) is 3.73. The van der Waals surface area contributed by atoms with Crippen LogP contribution in [0.4, 0.5) is 21.6 Å². The Morgan fingerprint density at radius 3 is 2.46 bits per heavy atom. The summed E-state index contributed by atoms with van der Waals surface area (Å²) < 4.78 is 24.8. The summed E-state index contributed by atoms with van der Waals surface area (Å²) in [5.74, 6) is -1.35. The van der Waals surface area contributed by atoms with E-state index in [1.165, 1.54) is 18.2 Å². The Morgan fingerprint density at radius 2 is 1.74 bits per heavy atom.